The third kappa shape index (κ3) is 2.65. The Balaban J connectivity index is 1.88. The van der Waals surface area contributed by atoms with Crippen LogP contribution >= 0.6 is 0 Å². The molecule has 0 aliphatic carbocycles. The summed E-state index contributed by atoms with van der Waals surface area (Å²) in [6, 6.07) is 5.38. The van der Waals surface area contributed by atoms with Gasteiger partial charge in [-0.25, -0.2) is 8.78 Å². The zero-order valence-corrected chi connectivity index (χ0v) is 11.3. The molecular weight excluding hydrogens is 292 g/mol. The lowest BCUT2D eigenvalue weighted by molar-refractivity contribution is -0.121. The van der Waals surface area contributed by atoms with E-state index in [2.05, 4.69) is 15.6 Å². The molecule has 0 fully saturated rings. The van der Waals surface area contributed by atoms with Crippen molar-refractivity contribution in [3.63, 3.8) is 0 Å². The Morgan fingerprint density at radius 3 is 2.77 bits per heavy atom. The Morgan fingerprint density at radius 1 is 1.32 bits per heavy atom. The summed E-state index contributed by atoms with van der Waals surface area (Å²) >= 11 is 0. The fourth-order valence-electron chi connectivity index (χ4n) is 2.19. The number of carbonyl (C=O) groups excluding carboxylic acids is 2. The Bertz CT molecular complexity index is 750. The maximum atomic E-state index is 14.0. The molecule has 0 bridgehead atoms. The van der Waals surface area contributed by atoms with Crippen LogP contribution in [0, 0.1) is 5.82 Å². The first-order valence-electron chi connectivity index (χ1n) is 6.53. The van der Waals surface area contributed by atoms with E-state index in [0.29, 0.717) is 11.1 Å². The molecule has 2 aromatic rings. The van der Waals surface area contributed by atoms with Crippen LogP contribution in [0.4, 0.5) is 20.2 Å². The van der Waals surface area contributed by atoms with Gasteiger partial charge in [-0.15, -0.1) is 0 Å². The Hall–Kier alpha value is -2.83. The molecule has 3 rings (SSSR count). The number of carbonyl (C=O) groups is 2. The maximum absolute atomic E-state index is 14.0. The molecule has 0 saturated carbocycles. The molecule has 0 spiro atoms. The molecule has 0 saturated heterocycles. The van der Waals surface area contributed by atoms with E-state index in [-0.39, 0.29) is 17.8 Å². The molecule has 2 amide bonds. The highest BCUT2D eigenvalue weighted by Crippen LogP contribution is 2.29. The van der Waals surface area contributed by atoms with Crippen LogP contribution in [0.25, 0.3) is 0 Å². The van der Waals surface area contributed by atoms with Crippen LogP contribution in [-0.4, -0.2) is 23.0 Å². The van der Waals surface area contributed by atoms with Crippen molar-refractivity contribution in [2.45, 2.75) is 12.6 Å². The average Bonchev–Trinajstić information content (AvgIpc) is 2.51. The summed E-state index contributed by atoms with van der Waals surface area (Å²) in [6.07, 6.45) is 1.06. The smallest absolute Gasteiger partial charge is 0.259 e. The summed E-state index contributed by atoms with van der Waals surface area (Å²) in [5, 5.41) is 4.71. The number of nitrogens with one attached hydrogen (secondary N) is 2. The van der Waals surface area contributed by atoms with Gasteiger partial charge in [0.2, 0.25) is 0 Å². The Labute approximate surface area is 124 Å². The summed E-state index contributed by atoms with van der Waals surface area (Å²) in [4.78, 5) is 27.0. The van der Waals surface area contributed by atoms with E-state index in [9.17, 15) is 18.4 Å². The molecule has 1 aromatic carbocycles. The number of halogens is 2. The highest BCUT2D eigenvalue weighted by Gasteiger charge is 2.27. The fraction of sp³-hybridized carbons (Fsp3) is 0.133. The number of fused-ring (bicyclic) bond motifs is 1. The first-order valence-corrected chi connectivity index (χ1v) is 6.53. The molecular formula is C15H11F2N3O2. The van der Waals surface area contributed by atoms with Crippen LogP contribution < -0.4 is 10.6 Å². The summed E-state index contributed by atoms with van der Waals surface area (Å²) in [5.74, 6) is -2.00. The van der Waals surface area contributed by atoms with Crippen LogP contribution in [-0.2, 0) is 11.2 Å². The standard InChI is InChI=1S/C15H11F2N3O2/c16-10-7-12-9(5-11(17)15(22)19-12)6-13(10)20-14(21)8-1-3-18-4-2-8/h1-4,6-7,11H,5H2,(H,19,22)(H,20,21). The van der Waals surface area contributed by atoms with Crippen molar-refractivity contribution >= 4 is 23.2 Å². The number of hydrogen-bond donors (Lipinski definition) is 2. The van der Waals surface area contributed by atoms with Gasteiger partial charge >= 0.3 is 0 Å². The number of amides is 2. The van der Waals surface area contributed by atoms with Gasteiger partial charge < -0.3 is 10.6 Å². The third-order valence-electron chi connectivity index (χ3n) is 3.33. The van der Waals surface area contributed by atoms with Crippen molar-refractivity contribution < 1.29 is 18.4 Å². The van der Waals surface area contributed by atoms with Crippen molar-refractivity contribution in [1.82, 2.24) is 4.98 Å². The summed E-state index contributed by atoms with van der Waals surface area (Å²) in [7, 11) is 0. The second-order valence-corrected chi connectivity index (χ2v) is 4.84. The van der Waals surface area contributed by atoms with E-state index >= 15 is 0 Å². The summed E-state index contributed by atoms with van der Waals surface area (Å²) in [6.45, 7) is 0. The molecule has 1 aromatic heterocycles. The topological polar surface area (TPSA) is 71.1 Å². The van der Waals surface area contributed by atoms with E-state index in [1.165, 1.54) is 30.6 Å². The zero-order chi connectivity index (χ0) is 15.7. The number of anilines is 2. The number of aromatic nitrogens is 1. The van der Waals surface area contributed by atoms with Gasteiger partial charge in [0.25, 0.3) is 11.8 Å². The monoisotopic (exact) mass is 303 g/mol. The quantitative estimate of drug-likeness (QED) is 0.894. The van der Waals surface area contributed by atoms with Crippen molar-refractivity contribution in [3.8, 4) is 0 Å². The molecule has 22 heavy (non-hydrogen) atoms. The molecule has 1 aliphatic heterocycles. The Kier molecular flexibility index (Phi) is 3.54. The van der Waals surface area contributed by atoms with Crippen LogP contribution in [0.5, 0.6) is 0 Å². The summed E-state index contributed by atoms with van der Waals surface area (Å²) in [5.41, 5.74) is 0.907. The van der Waals surface area contributed by atoms with Crippen molar-refractivity contribution in [2.75, 3.05) is 10.6 Å². The molecule has 1 unspecified atom stereocenters. The van der Waals surface area contributed by atoms with Gasteiger partial charge in [-0.3, -0.25) is 14.6 Å². The first kappa shape index (κ1) is 14.1. The lowest BCUT2D eigenvalue weighted by Crippen LogP contribution is -2.31. The number of pyridine rings is 1. The van der Waals surface area contributed by atoms with Crippen molar-refractivity contribution in [3.05, 3.63) is 53.6 Å². The predicted molar refractivity (Wildman–Crippen MR) is 75.8 cm³/mol. The van der Waals surface area contributed by atoms with Gasteiger partial charge in [0.1, 0.15) is 5.82 Å². The molecule has 2 heterocycles. The minimum Gasteiger partial charge on any atom is -0.323 e. The predicted octanol–water partition coefficient (Wildman–Crippen LogP) is 2.31. The van der Waals surface area contributed by atoms with Gasteiger partial charge in [-0.05, 0) is 29.8 Å². The minimum atomic E-state index is -1.68. The zero-order valence-electron chi connectivity index (χ0n) is 11.3. The van der Waals surface area contributed by atoms with Gasteiger partial charge in [0.05, 0.1) is 5.69 Å². The molecule has 0 radical (unpaired) electrons. The minimum absolute atomic E-state index is 0.0658. The molecule has 7 heteroatoms. The molecule has 5 nitrogen and oxygen atoms in total. The van der Waals surface area contributed by atoms with Gasteiger partial charge in [-0.1, -0.05) is 0 Å². The van der Waals surface area contributed by atoms with Gasteiger partial charge in [-0.2, -0.15) is 0 Å². The molecule has 2 N–H and O–H groups in total. The number of hydrogen-bond acceptors (Lipinski definition) is 3. The van der Waals surface area contributed by atoms with Gasteiger partial charge in [0, 0.05) is 30.1 Å². The summed E-state index contributed by atoms with van der Waals surface area (Å²) < 4.78 is 27.4. The fourth-order valence-corrected chi connectivity index (χ4v) is 2.19. The van der Waals surface area contributed by atoms with Crippen LogP contribution in [0.3, 0.4) is 0 Å². The van der Waals surface area contributed by atoms with Crippen LogP contribution in [0.1, 0.15) is 15.9 Å². The number of nitrogens with zero attached hydrogens (tertiary/aromatic N) is 1. The van der Waals surface area contributed by atoms with E-state index in [1.54, 1.807) is 0 Å². The maximum Gasteiger partial charge on any atom is 0.259 e. The molecule has 1 aliphatic rings. The highest BCUT2D eigenvalue weighted by atomic mass is 19.1. The number of rotatable bonds is 2. The Morgan fingerprint density at radius 2 is 2.05 bits per heavy atom. The molecule has 112 valence electrons. The SMILES string of the molecule is O=C(Nc1cc2c(cc1F)NC(=O)C(F)C2)c1ccncc1. The van der Waals surface area contributed by atoms with E-state index in [1.807, 2.05) is 0 Å². The normalized spacial score (nSPS) is 16.6. The largest absolute Gasteiger partial charge is 0.323 e. The second kappa shape index (κ2) is 5.51. The van der Waals surface area contributed by atoms with E-state index in [4.69, 9.17) is 0 Å². The molecule has 1 atom stereocenters. The van der Waals surface area contributed by atoms with Crippen molar-refractivity contribution in [2.24, 2.45) is 0 Å². The second-order valence-electron chi connectivity index (χ2n) is 4.84. The van der Waals surface area contributed by atoms with Crippen LogP contribution in [0.15, 0.2) is 36.7 Å². The lowest BCUT2D eigenvalue weighted by atomic mass is 10.0. The third-order valence-corrected chi connectivity index (χ3v) is 3.33. The first-order chi connectivity index (χ1) is 10.5. The number of benzene rings is 1. The van der Waals surface area contributed by atoms with Crippen molar-refractivity contribution in [1.29, 1.82) is 0 Å². The van der Waals surface area contributed by atoms with E-state index in [0.717, 1.165) is 6.07 Å². The van der Waals surface area contributed by atoms with E-state index < -0.39 is 23.8 Å². The number of alkyl halides is 1. The van der Waals surface area contributed by atoms with Crippen LogP contribution in [0.2, 0.25) is 0 Å². The van der Waals surface area contributed by atoms with Gasteiger partial charge in [0.15, 0.2) is 6.17 Å². The lowest BCUT2D eigenvalue weighted by Gasteiger charge is -2.21. The average molecular weight is 303 g/mol. The highest BCUT2D eigenvalue weighted by molar-refractivity contribution is 6.04.